The van der Waals surface area contributed by atoms with Crippen LogP contribution in [-0.2, 0) is 9.59 Å². The van der Waals surface area contributed by atoms with Crippen molar-refractivity contribution in [3.8, 4) is 0 Å². The van der Waals surface area contributed by atoms with Crippen molar-refractivity contribution in [2.24, 2.45) is 0 Å². The molecule has 2 aromatic rings. The molecule has 1 aliphatic heterocycles. The molecule has 0 aliphatic carbocycles. The molecule has 150 valence electrons. The average Bonchev–Trinajstić information content (AvgIpc) is 3.01. The van der Waals surface area contributed by atoms with Crippen molar-refractivity contribution in [1.29, 1.82) is 0 Å². The Morgan fingerprint density at radius 2 is 2.14 bits per heavy atom. The van der Waals surface area contributed by atoms with E-state index in [0.29, 0.717) is 12.2 Å². The summed E-state index contributed by atoms with van der Waals surface area (Å²) in [5.41, 5.74) is 0.732. The summed E-state index contributed by atoms with van der Waals surface area (Å²) >= 11 is 1.32. The summed E-state index contributed by atoms with van der Waals surface area (Å²) in [6, 6.07) is 7.84. The lowest BCUT2D eigenvalue weighted by Crippen LogP contribution is -2.53. The lowest BCUT2D eigenvalue weighted by atomic mass is 10.1. The van der Waals surface area contributed by atoms with Gasteiger partial charge in [0.05, 0.1) is 11.4 Å². The summed E-state index contributed by atoms with van der Waals surface area (Å²) in [5.74, 6) is 0.134. The van der Waals surface area contributed by atoms with Crippen molar-refractivity contribution in [3.05, 3.63) is 41.8 Å². The van der Waals surface area contributed by atoms with E-state index in [9.17, 15) is 14.0 Å². The zero-order valence-electron chi connectivity index (χ0n) is 15.9. The minimum atomic E-state index is -0.508. The Kier molecular flexibility index (Phi) is 6.69. The fraction of sp³-hybridized carbons (Fsp3) is 0.421. The van der Waals surface area contributed by atoms with Crippen LogP contribution in [0.3, 0.4) is 0 Å². The van der Waals surface area contributed by atoms with Gasteiger partial charge in [-0.2, -0.15) is 5.10 Å². The zero-order valence-corrected chi connectivity index (χ0v) is 16.7. The van der Waals surface area contributed by atoms with Crippen LogP contribution < -0.4 is 16.0 Å². The number of amides is 2. The first kappa shape index (κ1) is 20.3. The summed E-state index contributed by atoms with van der Waals surface area (Å²) in [6.07, 6.45) is 1.78. The van der Waals surface area contributed by atoms with Gasteiger partial charge in [-0.15, -0.1) is 11.8 Å². The molecule has 1 aromatic carbocycles. The third kappa shape index (κ3) is 5.32. The largest absolute Gasteiger partial charge is 0.322 e. The first-order valence-corrected chi connectivity index (χ1v) is 10.2. The Balaban J connectivity index is 1.65. The Morgan fingerprint density at radius 3 is 2.86 bits per heavy atom. The van der Waals surface area contributed by atoms with E-state index < -0.39 is 6.29 Å². The maximum atomic E-state index is 13.0. The van der Waals surface area contributed by atoms with Crippen molar-refractivity contribution >= 4 is 29.4 Å². The van der Waals surface area contributed by atoms with Crippen LogP contribution in [0.1, 0.15) is 38.2 Å². The number of aryl methyl sites for hydroxylation is 1. The van der Waals surface area contributed by atoms with E-state index in [2.05, 4.69) is 28.0 Å². The molecular weight excluding hydrogens is 381 g/mol. The van der Waals surface area contributed by atoms with Crippen LogP contribution in [-0.4, -0.2) is 33.4 Å². The number of nitrogens with zero attached hydrogens (tertiary/aromatic N) is 2. The lowest BCUT2D eigenvalue weighted by Gasteiger charge is -2.32. The zero-order chi connectivity index (χ0) is 20.1. The van der Waals surface area contributed by atoms with E-state index in [1.807, 2.05) is 6.92 Å². The number of anilines is 1. The van der Waals surface area contributed by atoms with E-state index in [-0.39, 0.29) is 29.4 Å². The Morgan fingerprint density at radius 1 is 1.39 bits per heavy atom. The smallest absolute Gasteiger partial charge is 0.235 e. The summed E-state index contributed by atoms with van der Waals surface area (Å²) in [7, 11) is 0. The Labute approximate surface area is 167 Å². The molecule has 3 N–H and O–H groups in total. The Hall–Kier alpha value is -2.39. The van der Waals surface area contributed by atoms with Crippen molar-refractivity contribution < 1.29 is 14.0 Å². The molecule has 0 radical (unpaired) electrons. The third-order valence-electron chi connectivity index (χ3n) is 4.31. The van der Waals surface area contributed by atoms with Gasteiger partial charge in [-0.25, -0.2) is 9.07 Å². The second-order valence-corrected chi connectivity index (χ2v) is 7.78. The van der Waals surface area contributed by atoms with Crippen molar-refractivity contribution in [1.82, 2.24) is 20.4 Å². The number of nitrogens with one attached hydrogen (secondary N) is 3. The maximum absolute atomic E-state index is 13.0. The molecular formula is C19H24FN5O2S. The van der Waals surface area contributed by atoms with Crippen LogP contribution in [0.15, 0.2) is 35.2 Å². The molecule has 1 fully saturated rings. The molecule has 0 spiro atoms. The predicted octanol–water partition coefficient (Wildman–Crippen LogP) is 2.80. The van der Waals surface area contributed by atoms with Gasteiger partial charge in [0.2, 0.25) is 11.8 Å². The molecule has 1 aromatic heterocycles. The highest BCUT2D eigenvalue weighted by Crippen LogP contribution is 2.21. The molecule has 2 heterocycles. The number of aromatic nitrogens is 2. The monoisotopic (exact) mass is 405 g/mol. The summed E-state index contributed by atoms with van der Waals surface area (Å²) in [4.78, 5) is 25.2. The van der Waals surface area contributed by atoms with Gasteiger partial charge >= 0.3 is 0 Å². The van der Waals surface area contributed by atoms with Crippen LogP contribution in [0.4, 0.5) is 10.2 Å². The highest BCUT2D eigenvalue weighted by atomic mass is 32.2. The van der Waals surface area contributed by atoms with Gasteiger partial charge in [0, 0.05) is 23.4 Å². The van der Waals surface area contributed by atoms with E-state index in [1.54, 1.807) is 22.9 Å². The molecule has 1 aliphatic rings. The van der Waals surface area contributed by atoms with Crippen LogP contribution in [0.2, 0.25) is 0 Å². The molecule has 0 bridgehead atoms. The van der Waals surface area contributed by atoms with E-state index >= 15 is 0 Å². The number of carbonyl (C=O) groups is 2. The molecule has 2 atom stereocenters. The molecule has 0 saturated carbocycles. The van der Waals surface area contributed by atoms with Crippen molar-refractivity contribution in [3.63, 3.8) is 0 Å². The lowest BCUT2D eigenvalue weighted by molar-refractivity contribution is -0.125. The fourth-order valence-corrected chi connectivity index (χ4v) is 3.79. The van der Waals surface area contributed by atoms with Gasteiger partial charge < -0.3 is 10.6 Å². The van der Waals surface area contributed by atoms with Gasteiger partial charge in [-0.05, 0) is 37.6 Å². The highest BCUT2D eigenvalue weighted by Gasteiger charge is 2.28. The molecule has 2 amide bonds. The summed E-state index contributed by atoms with van der Waals surface area (Å²) < 4.78 is 14.6. The fourth-order valence-electron chi connectivity index (χ4n) is 3.09. The minimum absolute atomic E-state index is 0.0421. The number of thioether (sulfide) groups is 1. The van der Waals surface area contributed by atoms with E-state index in [4.69, 9.17) is 0 Å². The second kappa shape index (κ2) is 9.20. The molecule has 28 heavy (non-hydrogen) atoms. The maximum Gasteiger partial charge on any atom is 0.235 e. The molecule has 9 heteroatoms. The highest BCUT2D eigenvalue weighted by molar-refractivity contribution is 8.00. The van der Waals surface area contributed by atoms with Crippen molar-refractivity contribution in [2.45, 2.75) is 50.3 Å². The van der Waals surface area contributed by atoms with Crippen LogP contribution >= 0.6 is 11.8 Å². The van der Waals surface area contributed by atoms with Gasteiger partial charge in [0.15, 0.2) is 6.29 Å². The van der Waals surface area contributed by atoms with Gasteiger partial charge in [-0.1, -0.05) is 13.3 Å². The standard InChI is InChI=1S/C19H24FN5O2S/c1-3-4-14-10-17(26)23-19(21-14)25-16(9-12(2)24-25)22-18(27)11-28-15-7-5-13(20)6-8-15/h5-9,14,19,21H,3-4,10-11H2,1-2H3,(H,22,27)(H,23,26). The summed E-state index contributed by atoms with van der Waals surface area (Å²) in [6.45, 7) is 3.90. The third-order valence-corrected chi connectivity index (χ3v) is 5.33. The SMILES string of the molecule is CCCC1CC(=O)NC(n2nc(C)cc2NC(=O)CSc2ccc(F)cc2)N1. The minimum Gasteiger partial charge on any atom is -0.322 e. The second-order valence-electron chi connectivity index (χ2n) is 6.73. The number of rotatable bonds is 7. The van der Waals surface area contributed by atoms with Gasteiger partial charge in [0.1, 0.15) is 11.6 Å². The van der Waals surface area contributed by atoms with Crippen LogP contribution in [0.5, 0.6) is 0 Å². The molecule has 7 nitrogen and oxygen atoms in total. The molecule has 1 saturated heterocycles. The van der Waals surface area contributed by atoms with E-state index in [0.717, 1.165) is 23.4 Å². The quantitative estimate of drug-likeness (QED) is 0.617. The first-order valence-electron chi connectivity index (χ1n) is 9.24. The first-order chi connectivity index (χ1) is 13.4. The van der Waals surface area contributed by atoms with Gasteiger partial charge in [0.25, 0.3) is 0 Å². The van der Waals surface area contributed by atoms with Crippen LogP contribution in [0, 0.1) is 12.7 Å². The van der Waals surface area contributed by atoms with Crippen LogP contribution in [0.25, 0.3) is 0 Å². The molecule has 3 rings (SSSR count). The Bertz CT molecular complexity index is 839. The van der Waals surface area contributed by atoms with Crippen molar-refractivity contribution in [2.75, 3.05) is 11.1 Å². The van der Waals surface area contributed by atoms with E-state index in [1.165, 1.54) is 23.9 Å². The topological polar surface area (TPSA) is 88.1 Å². The number of benzene rings is 1. The number of hydrogen-bond acceptors (Lipinski definition) is 5. The number of hydrogen-bond donors (Lipinski definition) is 3. The number of halogens is 1. The number of carbonyl (C=O) groups excluding carboxylic acids is 2. The summed E-state index contributed by atoms with van der Waals surface area (Å²) in [5, 5.41) is 13.5. The predicted molar refractivity (Wildman–Crippen MR) is 106 cm³/mol. The van der Waals surface area contributed by atoms with Gasteiger partial charge in [-0.3, -0.25) is 14.9 Å². The average molecular weight is 405 g/mol. The molecule has 2 unspecified atom stereocenters. The normalized spacial score (nSPS) is 19.3.